The molecule has 0 N–H and O–H groups in total. The summed E-state index contributed by atoms with van der Waals surface area (Å²) in [5, 5.41) is 11.9. The predicted molar refractivity (Wildman–Crippen MR) is 290 cm³/mol. The van der Waals surface area contributed by atoms with Crippen molar-refractivity contribution >= 4 is 110 Å². The van der Waals surface area contributed by atoms with Crippen molar-refractivity contribution in [2.75, 3.05) is 9.80 Å². The van der Waals surface area contributed by atoms with Crippen molar-refractivity contribution in [1.82, 2.24) is 0 Å². The molecule has 0 aliphatic carbocycles. The Morgan fingerprint density at radius 2 is 0.868 bits per heavy atom. The average molecular weight is 885 g/mol. The predicted octanol–water partition coefficient (Wildman–Crippen LogP) is 19.3. The topological polar surface area (TPSA) is 32.8 Å². The fourth-order valence-corrected chi connectivity index (χ4v) is 10.9. The maximum Gasteiger partial charge on any atom is 0.159 e. The van der Waals surface area contributed by atoms with Gasteiger partial charge in [-0.05, 0) is 134 Å². The number of nitrogens with zero attached hydrogens (tertiary/aromatic N) is 2. The van der Waals surface area contributed by atoms with Crippen molar-refractivity contribution in [3.63, 3.8) is 0 Å². The monoisotopic (exact) mass is 884 g/mol. The highest BCUT2D eigenvalue weighted by atomic mass is 16.3. The van der Waals surface area contributed by atoms with Gasteiger partial charge < -0.3 is 18.6 Å². The van der Waals surface area contributed by atoms with E-state index in [9.17, 15) is 0 Å². The number of benzene rings is 10. The van der Waals surface area contributed by atoms with E-state index in [1.165, 1.54) is 54.6 Å². The van der Waals surface area contributed by atoms with Crippen LogP contribution in [-0.4, -0.2) is 0 Å². The lowest BCUT2D eigenvalue weighted by molar-refractivity contribution is 0.590. The largest absolute Gasteiger partial charge is 0.456 e. The van der Waals surface area contributed by atoms with E-state index < -0.39 is 0 Å². The summed E-state index contributed by atoms with van der Waals surface area (Å²) >= 11 is 0. The molecule has 0 bridgehead atoms. The second kappa shape index (κ2) is 15.2. The van der Waals surface area contributed by atoms with Gasteiger partial charge in [0, 0.05) is 38.3 Å². The van der Waals surface area contributed by atoms with Crippen LogP contribution in [0.1, 0.15) is 83.6 Å². The number of furan rings is 2. The molecule has 0 spiro atoms. The molecule has 0 unspecified atom stereocenters. The second-order valence-corrected chi connectivity index (χ2v) is 21.2. The van der Waals surface area contributed by atoms with Gasteiger partial charge >= 0.3 is 0 Å². The summed E-state index contributed by atoms with van der Waals surface area (Å²) in [4.78, 5) is 4.93. The van der Waals surface area contributed by atoms with Crippen LogP contribution in [0.25, 0.3) is 76.2 Å². The third-order valence-corrected chi connectivity index (χ3v) is 14.4. The first-order valence-corrected chi connectivity index (χ1v) is 24.1. The van der Waals surface area contributed by atoms with Crippen molar-refractivity contribution in [2.45, 2.75) is 79.1 Å². The Balaban J connectivity index is 1.18. The van der Waals surface area contributed by atoms with Crippen molar-refractivity contribution in [3.8, 4) is 0 Å². The van der Waals surface area contributed by atoms with Crippen LogP contribution in [0.3, 0.4) is 0 Å². The molecule has 4 nitrogen and oxygen atoms in total. The van der Waals surface area contributed by atoms with Crippen molar-refractivity contribution in [1.29, 1.82) is 0 Å². The third-order valence-electron chi connectivity index (χ3n) is 14.4. The average Bonchev–Trinajstić information content (AvgIpc) is 3.91. The van der Waals surface area contributed by atoms with Crippen LogP contribution in [-0.2, 0) is 10.8 Å². The Bertz CT molecular complexity index is 3910. The van der Waals surface area contributed by atoms with Gasteiger partial charge in [0.25, 0.3) is 0 Å². The van der Waals surface area contributed by atoms with Crippen LogP contribution in [0.15, 0.2) is 179 Å². The second-order valence-electron chi connectivity index (χ2n) is 21.2. The van der Waals surface area contributed by atoms with Gasteiger partial charge in [-0.25, -0.2) is 0 Å². The van der Waals surface area contributed by atoms with E-state index in [2.05, 4.69) is 242 Å². The molecule has 4 heteroatoms. The zero-order valence-electron chi connectivity index (χ0n) is 40.5. The lowest BCUT2D eigenvalue weighted by atomic mass is 9.85. The highest BCUT2D eigenvalue weighted by Crippen LogP contribution is 2.52. The molecule has 12 rings (SSSR count). The minimum atomic E-state index is 0.00988. The van der Waals surface area contributed by atoms with Crippen LogP contribution < -0.4 is 9.80 Å². The van der Waals surface area contributed by atoms with Gasteiger partial charge in [0.05, 0.1) is 28.1 Å². The normalized spacial score (nSPS) is 12.6. The van der Waals surface area contributed by atoms with E-state index >= 15 is 0 Å². The minimum Gasteiger partial charge on any atom is -0.456 e. The van der Waals surface area contributed by atoms with E-state index in [-0.39, 0.29) is 16.7 Å². The first-order chi connectivity index (χ1) is 32.7. The molecule has 334 valence electrons. The number of hydrogen-bond donors (Lipinski definition) is 0. The quantitative estimate of drug-likeness (QED) is 0.149. The minimum absolute atomic E-state index is 0.00988. The summed E-state index contributed by atoms with van der Waals surface area (Å²) < 4.78 is 13.4. The maximum atomic E-state index is 6.83. The lowest BCUT2D eigenvalue weighted by Crippen LogP contribution is -2.14. The number of fused-ring (bicyclic) bond motifs is 6. The first-order valence-electron chi connectivity index (χ1n) is 24.1. The fourth-order valence-electron chi connectivity index (χ4n) is 10.9. The van der Waals surface area contributed by atoms with E-state index in [0.717, 1.165) is 78.0 Å². The number of anilines is 6. The highest BCUT2D eigenvalue weighted by molar-refractivity contribution is 6.30. The Kier molecular flexibility index (Phi) is 9.37. The fraction of sp³-hybridized carbons (Fsp3) is 0.188. The number of para-hydroxylation sites is 3. The molecular weight excluding hydrogens is 829 g/mol. The summed E-state index contributed by atoms with van der Waals surface area (Å²) in [5.74, 6) is 0.248. The summed E-state index contributed by atoms with van der Waals surface area (Å²) in [6.45, 7) is 20.6. The van der Waals surface area contributed by atoms with Crippen molar-refractivity contribution in [2.24, 2.45) is 0 Å². The number of rotatable bonds is 7. The van der Waals surface area contributed by atoms with E-state index in [4.69, 9.17) is 8.83 Å². The van der Waals surface area contributed by atoms with E-state index in [1.54, 1.807) is 0 Å². The highest BCUT2D eigenvalue weighted by Gasteiger charge is 2.28. The molecule has 0 aliphatic rings. The Morgan fingerprint density at radius 1 is 0.382 bits per heavy atom. The number of hydrogen-bond acceptors (Lipinski definition) is 4. The van der Waals surface area contributed by atoms with E-state index in [0.29, 0.717) is 0 Å². The molecule has 0 saturated carbocycles. The molecule has 0 radical (unpaired) electrons. The maximum absolute atomic E-state index is 6.83. The van der Waals surface area contributed by atoms with Gasteiger partial charge in [-0.1, -0.05) is 159 Å². The van der Waals surface area contributed by atoms with E-state index in [1.807, 2.05) is 0 Å². The Hall–Kier alpha value is -7.56. The summed E-state index contributed by atoms with van der Waals surface area (Å²) in [5.41, 5.74) is 15.2. The van der Waals surface area contributed by atoms with Crippen LogP contribution in [0.2, 0.25) is 0 Å². The standard InChI is InChI=1S/C64H56N2O2/c1-38(2)51-37-55(65(42-28-24-40(25-29-42)63(4,5)6)52-19-15-23-58-61(52)50-17-11-13-22-57(50)67-58)49-34-32-44-39(3)36-54(48-35-33-46(51)60(49)59(44)48)66(43-30-26-41(27-31-43)64(7,8)9)53-20-14-18-47-45-16-10-12-21-56(45)68-62(47)53/h10-38H,1-9H3. The molecule has 12 aromatic rings. The molecular formula is C64H56N2O2. The smallest absolute Gasteiger partial charge is 0.159 e. The zero-order chi connectivity index (χ0) is 46.8. The van der Waals surface area contributed by atoms with Gasteiger partial charge in [0.2, 0.25) is 0 Å². The van der Waals surface area contributed by atoms with Gasteiger partial charge in [-0.2, -0.15) is 0 Å². The molecule has 68 heavy (non-hydrogen) atoms. The van der Waals surface area contributed by atoms with Crippen LogP contribution in [0.4, 0.5) is 34.1 Å². The van der Waals surface area contributed by atoms with Crippen molar-refractivity contribution < 1.29 is 8.83 Å². The molecule has 2 heterocycles. The first kappa shape index (κ1) is 41.8. The molecule has 0 fully saturated rings. The van der Waals surface area contributed by atoms with Crippen molar-refractivity contribution in [3.05, 3.63) is 192 Å². The zero-order valence-corrected chi connectivity index (χ0v) is 40.5. The van der Waals surface area contributed by atoms with Crippen LogP contribution >= 0.6 is 0 Å². The van der Waals surface area contributed by atoms with Crippen LogP contribution in [0, 0.1) is 6.92 Å². The Labute approximate surface area is 398 Å². The molecule has 2 aromatic heterocycles. The number of aryl methyl sites for hydroxylation is 1. The Morgan fingerprint density at radius 3 is 1.50 bits per heavy atom. The lowest BCUT2D eigenvalue weighted by Gasteiger charge is -2.31. The summed E-state index contributed by atoms with van der Waals surface area (Å²) in [7, 11) is 0. The van der Waals surface area contributed by atoms with Gasteiger partial charge in [0.1, 0.15) is 16.7 Å². The molecule has 0 atom stereocenters. The van der Waals surface area contributed by atoms with Gasteiger partial charge in [-0.15, -0.1) is 0 Å². The summed E-state index contributed by atoms with van der Waals surface area (Å²) in [6.07, 6.45) is 0. The SMILES string of the molecule is Cc1cc(N(c2ccc(C(C)(C)C)cc2)c2cccc3c2oc2ccccc23)c2ccc3c(C(C)C)cc(N(c4ccc(C(C)(C)C)cc4)c4cccc5oc6ccccc6c45)c4ccc1c2c34. The molecule has 10 aromatic carbocycles. The molecule has 0 aliphatic heterocycles. The van der Waals surface area contributed by atoms with Gasteiger partial charge in [0.15, 0.2) is 5.58 Å². The third kappa shape index (κ3) is 6.48. The molecule has 0 saturated heterocycles. The molecule has 0 amide bonds. The summed E-state index contributed by atoms with van der Waals surface area (Å²) in [6, 6.07) is 62.6. The van der Waals surface area contributed by atoms with Gasteiger partial charge in [-0.3, -0.25) is 0 Å². The van der Waals surface area contributed by atoms with Crippen LogP contribution in [0.5, 0.6) is 0 Å².